The molecule has 4 unspecified atom stereocenters. The van der Waals surface area contributed by atoms with Crippen LogP contribution in [0.1, 0.15) is 32.6 Å². The highest BCUT2D eigenvalue weighted by Crippen LogP contribution is 2.35. The van der Waals surface area contributed by atoms with Crippen LogP contribution in [0.25, 0.3) is 0 Å². The van der Waals surface area contributed by atoms with E-state index in [1.165, 1.54) is 0 Å². The van der Waals surface area contributed by atoms with Crippen molar-refractivity contribution >= 4 is 26.7 Å². The third-order valence-corrected chi connectivity index (χ3v) is 6.23. The van der Waals surface area contributed by atoms with Crippen LogP contribution in [0.2, 0.25) is 0 Å². The van der Waals surface area contributed by atoms with Crippen molar-refractivity contribution in [2.75, 3.05) is 0 Å². The Morgan fingerprint density at radius 2 is 2.26 bits per heavy atom. The van der Waals surface area contributed by atoms with Gasteiger partial charge in [0.15, 0.2) is 0 Å². The maximum absolute atomic E-state index is 12.7. The number of hydrogen-bond donors (Lipinski definition) is 0. The first-order chi connectivity index (χ1) is 9.15. The number of hydrogen-bond acceptors (Lipinski definition) is 2. The van der Waals surface area contributed by atoms with Crippen molar-refractivity contribution in [3.63, 3.8) is 0 Å². The summed E-state index contributed by atoms with van der Waals surface area (Å²) < 4.78 is 13.7. The first-order valence-corrected chi connectivity index (χ1v) is 8.72. The molecule has 1 aromatic carbocycles. The van der Waals surface area contributed by atoms with Crippen LogP contribution < -0.4 is 0 Å². The normalized spacial score (nSPS) is 28.6. The van der Waals surface area contributed by atoms with E-state index in [0.29, 0.717) is 5.92 Å². The summed E-state index contributed by atoms with van der Waals surface area (Å²) >= 11 is 3.41. The van der Waals surface area contributed by atoms with Crippen molar-refractivity contribution < 1.29 is 4.21 Å². The summed E-state index contributed by atoms with van der Waals surface area (Å²) in [6.07, 6.45) is 4.01. The van der Waals surface area contributed by atoms with Crippen LogP contribution in [0, 0.1) is 23.2 Å². The number of benzene rings is 1. The fourth-order valence-electron chi connectivity index (χ4n) is 2.73. The van der Waals surface area contributed by atoms with E-state index in [2.05, 4.69) is 28.9 Å². The quantitative estimate of drug-likeness (QED) is 0.824. The third kappa shape index (κ3) is 3.46. The molecule has 4 atom stereocenters. The van der Waals surface area contributed by atoms with Gasteiger partial charge in [-0.1, -0.05) is 35.3 Å². The molecule has 102 valence electrons. The van der Waals surface area contributed by atoms with Crippen LogP contribution >= 0.6 is 15.9 Å². The molecule has 0 aliphatic heterocycles. The minimum Gasteiger partial charge on any atom is -0.254 e. The van der Waals surface area contributed by atoms with Gasteiger partial charge >= 0.3 is 0 Å². The van der Waals surface area contributed by atoms with E-state index in [1.54, 1.807) is 0 Å². The maximum Gasteiger partial charge on any atom is 0.0668 e. The molecule has 2 rings (SSSR count). The molecule has 0 saturated heterocycles. The Kier molecular flexibility index (Phi) is 5.18. The summed E-state index contributed by atoms with van der Waals surface area (Å²) in [5.41, 5.74) is 0. The summed E-state index contributed by atoms with van der Waals surface area (Å²) in [5.74, 6) is 0.549. The van der Waals surface area contributed by atoms with Crippen LogP contribution in [0.5, 0.6) is 0 Å². The minimum atomic E-state index is -1.08. The molecule has 1 aliphatic carbocycles. The number of nitrogens with zero attached hydrogens (tertiary/aromatic N) is 1. The van der Waals surface area contributed by atoms with Crippen LogP contribution in [0.3, 0.4) is 0 Å². The highest BCUT2D eigenvalue weighted by Gasteiger charge is 2.34. The summed E-state index contributed by atoms with van der Waals surface area (Å²) in [6.45, 7) is 2.18. The lowest BCUT2D eigenvalue weighted by Gasteiger charge is -2.31. The topological polar surface area (TPSA) is 40.9 Å². The highest BCUT2D eigenvalue weighted by molar-refractivity contribution is 9.10. The van der Waals surface area contributed by atoms with Crippen molar-refractivity contribution in [2.45, 2.75) is 42.8 Å². The van der Waals surface area contributed by atoms with E-state index in [1.807, 2.05) is 24.3 Å². The molecule has 1 aliphatic rings. The molecule has 0 amide bonds. The largest absolute Gasteiger partial charge is 0.254 e. The Hall–Kier alpha value is -0.660. The molecule has 4 heteroatoms. The standard InChI is InChI=1S/C15H18BrNOS/c1-2-11-6-7-12(10-17)15(8-11)19(18)14-5-3-4-13(16)9-14/h3-5,9,11-12,15H,2,6-8H2,1H3. The number of nitriles is 1. The minimum absolute atomic E-state index is 0.0157. The summed E-state index contributed by atoms with van der Waals surface area (Å²) in [7, 11) is -1.08. The smallest absolute Gasteiger partial charge is 0.0668 e. The van der Waals surface area contributed by atoms with E-state index in [4.69, 9.17) is 0 Å². The number of halogens is 1. The van der Waals surface area contributed by atoms with Gasteiger partial charge in [0, 0.05) is 9.37 Å². The van der Waals surface area contributed by atoms with E-state index in [0.717, 1.165) is 35.1 Å². The van der Waals surface area contributed by atoms with Crippen LogP contribution in [-0.2, 0) is 10.8 Å². The molecule has 1 aromatic rings. The fraction of sp³-hybridized carbons (Fsp3) is 0.533. The summed E-state index contributed by atoms with van der Waals surface area (Å²) in [4.78, 5) is 0.830. The Morgan fingerprint density at radius 3 is 2.89 bits per heavy atom. The summed E-state index contributed by atoms with van der Waals surface area (Å²) in [6, 6.07) is 9.99. The second-order valence-electron chi connectivity index (χ2n) is 5.12. The Labute approximate surface area is 125 Å². The molecule has 0 heterocycles. The molecule has 1 saturated carbocycles. The lowest BCUT2D eigenvalue weighted by Crippen LogP contribution is -2.32. The molecular weight excluding hydrogens is 322 g/mol. The van der Waals surface area contributed by atoms with Gasteiger partial charge in [-0.25, -0.2) is 0 Å². The molecule has 0 bridgehead atoms. The lowest BCUT2D eigenvalue weighted by molar-refractivity contribution is 0.313. The zero-order valence-electron chi connectivity index (χ0n) is 11.0. The predicted molar refractivity (Wildman–Crippen MR) is 81.1 cm³/mol. The van der Waals surface area contributed by atoms with E-state index < -0.39 is 10.8 Å². The Balaban J connectivity index is 2.22. The SMILES string of the molecule is CCC1CCC(C#N)C(S(=O)c2cccc(Br)c2)C1. The predicted octanol–water partition coefficient (Wildman–Crippen LogP) is 4.28. The highest BCUT2D eigenvalue weighted by atomic mass is 79.9. The van der Waals surface area contributed by atoms with Gasteiger partial charge < -0.3 is 0 Å². The second-order valence-corrected chi connectivity index (χ2v) is 7.70. The van der Waals surface area contributed by atoms with Gasteiger partial charge in [0.1, 0.15) is 0 Å². The van der Waals surface area contributed by atoms with Crippen molar-refractivity contribution in [3.05, 3.63) is 28.7 Å². The first kappa shape index (κ1) is 14.7. The van der Waals surface area contributed by atoms with Gasteiger partial charge in [-0.05, 0) is 43.4 Å². The molecule has 0 aromatic heterocycles. The van der Waals surface area contributed by atoms with E-state index >= 15 is 0 Å². The van der Waals surface area contributed by atoms with Gasteiger partial charge in [-0.15, -0.1) is 0 Å². The van der Waals surface area contributed by atoms with Crippen molar-refractivity contribution in [1.29, 1.82) is 5.26 Å². The average molecular weight is 340 g/mol. The maximum atomic E-state index is 12.7. The van der Waals surface area contributed by atoms with Crippen LogP contribution in [0.15, 0.2) is 33.6 Å². The molecule has 0 spiro atoms. The Bertz CT molecular complexity index is 511. The van der Waals surface area contributed by atoms with Crippen LogP contribution in [-0.4, -0.2) is 9.46 Å². The first-order valence-electron chi connectivity index (χ1n) is 6.71. The fourth-order valence-corrected chi connectivity index (χ4v) is 5.03. The molecule has 0 radical (unpaired) electrons. The van der Waals surface area contributed by atoms with Gasteiger partial charge in [-0.3, -0.25) is 4.21 Å². The monoisotopic (exact) mass is 339 g/mol. The molecule has 1 fully saturated rings. The van der Waals surface area contributed by atoms with Crippen molar-refractivity contribution in [2.24, 2.45) is 11.8 Å². The molecule has 2 nitrogen and oxygen atoms in total. The van der Waals surface area contributed by atoms with Gasteiger partial charge in [0.2, 0.25) is 0 Å². The van der Waals surface area contributed by atoms with Crippen molar-refractivity contribution in [1.82, 2.24) is 0 Å². The summed E-state index contributed by atoms with van der Waals surface area (Å²) in [5, 5.41) is 9.26. The Morgan fingerprint density at radius 1 is 1.47 bits per heavy atom. The average Bonchev–Trinajstić information content (AvgIpc) is 2.45. The zero-order valence-corrected chi connectivity index (χ0v) is 13.4. The second kappa shape index (κ2) is 6.67. The van der Waals surface area contributed by atoms with E-state index in [-0.39, 0.29) is 11.2 Å². The zero-order chi connectivity index (χ0) is 13.8. The van der Waals surface area contributed by atoms with Crippen molar-refractivity contribution in [3.8, 4) is 6.07 Å². The van der Waals surface area contributed by atoms with Crippen LogP contribution in [0.4, 0.5) is 0 Å². The molecule has 19 heavy (non-hydrogen) atoms. The van der Waals surface area contributed by atoms with Gasteiger partial charge in [0.05, 0.1) is 28.0 Å². The lowest BCUT2D eigenvalue weighted by atomic mass is 9.81. The molecular formula is C15H18BrNOS. The molecule has 0 N–H and O–H groups in total. The third-order valence-electron chi connectivity index (χ3n) is 3.95. The van der Waals surface area contributed by atoms with E-state index in [9.17, 15) is 9.47 Å². The van der Waals surface area contributed by atoms with Gasteiger partial charge in [-0.2, -0.15) is 5.26 Å². The van der Waals surface area contributed by atoms with Gasteiger partial charge in [0.25, 0.3) is 0 Å². The number of rotatable bonds is 3.